The molecule has 136 valence electrons. The first kappa shape index (κ1) is 31.4. The zero-order valence-corrected chi connectivity index (χ0v) is 20.6. The molecule has 2 rings (SSSR count). The Bertz CT molecular complexity index is 877. The molecule has 7 nitrogen and oxygen atoms in total. The summed E-state index contributed by atoms with van der Waals surface area (Å²) in [6.07, 6.45) is 2.68. The third-order valence-electron chi connectivity index (χ3n) is 2.82. The van der Waals surface area contributed by atoms with Gasteiger partial charge in [-0.3, -0.25) is 0 Å². The Hall–Kier alpha value is -0.300. The van der Waals surface area contributed by atoms with Gasteiger partial charge >= 0.3 is 59.1 Å². The second-order valence-electron chi connectivity index (χ2n) is 4.39. The molecule has 0 amide bonds. The maximum absolute atomic E-state index is 10.6. The molecule has 0 unspecified atom stereocenters. The summed E-state index contributed by atoms with van der Waals surface area (Å²) < 4.78 is 63.7. The van der Waals surface area contributed by atoms with E-state index in [0.29, 0.717) is 11.1 Å². The minimum atomic E-state index is -4.37. The second-order valence-corrected chi connectivity index (χ2v) is 7.09. The molecule has 0 atom stereocenters. The van der Waals surface area contributed by atoms with E-state index in [1.807, 2.05) is 0 Å². The maximum Gasteiger partial charge on any atom is 1.00 e. The quantitative estimate of drug-likeness (QED) is 0.354. The number of hydrogen-bond donors (Lipinski definition) is 0. The van der Waals surface area contributed by atoms with Crippen molar-refractivity contribution in [2.75, 3.05) is 0 Å². The standard InChI is InChI=1S/2C8H8O3S.2Na.H2O/c2*1-2-7-5-3-4-6-8(7)12(9,10)11;;;/h2*2-6H,1H2,(H,9,10,11);;;1H2/q;;2*+1;/p-2. The van der Waals surface area contributed by atoms with Crippen molar-refractivity contribution in [2.45, 2.75) is 9.79 Å². The summed E-state index contributed by atoms with van der Waals surface area (Å²) in [5.41, 5.74) is 0.681. The summed E-state index contributed by atoms with van der Waals surface area (Å²) in [4.78, 5) is -0.444. The molecule has 0 heterocycles. The Morgan fingerprint density at radius 1 is 0.667 bits per heavy atom. The van der Waals surface area contributed by atoms with Crippen molar-refractivity contribution in [3.8, 4) is 0 Å². The van der Waals surface area contributed by atoms with Gasteiger partial charge in [-0.1, -0.05) is 61.7 Å². The third-order valence-corrected chi connectivity index (χ3v) is 4.64. The average Bonchev–Trinajstić information content (AvgIpc) is 2.53. The summed E-state index contributed by atoms with van der Waals surface area (Å²) in [5, 5.41) is 0. The molecular weight excluding hydrogens is 414 g/mol. The van der Waals surface area contributed by atoms with E-state index in [-0.39, 0.29) is 74.4 Å². The van der Waals surface area contributed by atoms with E-state index in [2.05, 4.69) is 13.2 Å². The van der Waals surface area contributed by atoms with Crippen molar-refractivity contribution < 1.29 is 90.5 Å². The average molecular weight is 430 g/mol. The zero-order chi connectivity index (χ0) is 18.4. The molecular formula is C16H16Na2O7S2. The number of hydrogen-bond acceptors (Lipinski definition) is 6. The first-order valence-electron chi connectivity index (χ1n) is 6.46. The largest absolute Gasteiger partial charge is 1.00 e. The summed E-state index contributed by atoms with van der Waals surface area (Å²) in [5.74, 6) is 0. The molecule has 0 aliphatic heterocycles. The Morgan fingerprint density at radius 3 is 1.11 bits per heavy atom. The normalized spacial score (nSPS) is 9.85. The molecule has 2 N–H and O–H groups in total. The number of rotatable bonds is 4. The van der Waals surface area contributed by atoms with Gasteiger partial charge in [0, 0.05) is 0 Å². The Kier molecular flexibility index (Phi) is 16.1. The van der Waals surface area contributed by atoms with Crippen molar-refractivity contribution in [1.29, 1.82) is 0 Å². The molecule has 11 heteroatoms. The Morgan fingerprint density at radius 2 is 0.926 bits per heavy atom. The molecule has 0 radical (unpaired) electrons. The van der Waals surface area contributed by atoms with Gasteiger partial charge in [-0.2, -0.15) is 0 Å². The predicted octanol–water partition coefficient (Wildman–Crippen LogP) is -4.35. The summed E-state index contributed by atoms with van der Waals surface area (Å²) >= 11 is 0. The van der Waals surface area contributed by atoms with E-state index in [4.69, 9.17) is 0 Å². The van der Waals surface area contributed by atoms with Crippen LogP contribution in [0.5, 0.6) is 0 Å². The summed E-state index contributed by atoms with van der Waals surface area (Å²) in [6, 6.07) is 11.9. The van der Waals surface area contributed by atoms with Gasteiger partial charge in [-0.25, -0.2) is 16.8 Å². The fraction of sp³-hybridized carbons (Fsp3) is 0. The number of benzene rings is 2. The van der Waals surface area contributed by atoms with Crippen LogP contribution in [0.25, 0.3) is 12.2 Å². The fourth-order valence-corrected chi connectivity index (χ4v) is 3.12. The van der Waals surface area contributed by atoms with E-state index in [9.17, 15) is 25.9 Å². The van der Waals surface area contributed by atoms with Crippen molar-refractivity contribution >= 4 is 32.4 Å². The molecule has 2 aromatic carbocycles. The van der Waals surface area contributed by atoms with Gasteiger partial charge in [0.15, 0.2) is 0 Å². The minimum Gasteiger partial charge on any atom is -0.744 e. The first-order chi connectivity index (χ1) is 11.1. The summed E-state index contributed by atoms with van der Waals surface area (Å²) in [7, 11) is -8.73. The third kappa shape index (κ3) is 10.2. The Balaban J connectivity index is -0.000000384. The molecule has 0 saturated heterocycles. The van der Waals surface area contributed by atoms with Crippen LogP contribution in [0.4, 0.5) is 0 Å². The van der Waals surface area contributed by atoms with Crippen LogP contribution in [0, 0.1) is 0 Å². The van der Waals surface area contributed by atoms with Gasteiger partial charge in [0.05, 0.1) is 9.79 Å². The molecule has 0 aromatic heterocycles. The van der Waals surface area contributed by atoms with Gasteiger partial charge in [-0.15, -0.1) is 0 Å². The van der Waals surface area contributed by atoms with Crippen LogP contribution in [0.3, 0.4) is 0 Å². The van der Waals surface area contributed by atoms with Crippen molar-refractivity contribution in [2.24, 2.45) is 0 Å². The van der Waals surface area contributed by atoms with E-state index < -0.39 is 20.2 Å². The molecule has 27 heavy (non-hydrogen) atoms. The van der Waals surface area contributed by atoms with E-state index in [0.717, 1.165) is 0 Å². The van der Waals surface area contributed by atoms with Crippen LogP contribution in [0.15, 0.2) is 71.5 Å². The van der Waals surface area contributed by atoms with Crippen LogP contribution in [-0.2, 0) is 20.2 Å². The van der Waals surface area contributed by atoms with Crippen LogP contribution < -0.4 is 59.1 Å². The van der Waals surface area contributed by atoms with Gasteiger partial charge in [0.1, 0.15) is 20.2 Å². The van der Waals surface area contributed by atoms with Crippen LogP contribution in [0.2, 0.25) is 0 Å². The minimum absolute atomic E-state index is 0. The first-order valence-corrected chi connectivity index (χ1v) is 9.27. The van der Waals surface area contributed by atoms with Crippen molar-refractivity contribution in [1.82, 2.24) is 0 Å². The zero-order valence-electron chi connectivity index (χ0n) is 15.0. The topological polar surface area (TPSA) is 146 Å². The van der Waals surface area contributed by atoms with Crippen molar-refractivity contribution in [3.05, 3.63) is 72.8 Å². The van der Waals surface area contributed by atoms with Crippen LogP contribution in [0.1, 0.15) is 11.1 Å². The molecule has 2 aromatic rings. The molecule has 0 aliphatic rings. The van der Waals surface area contributed by atoms with Crippen LogP contribution >= 0.6 is 0 Å². The molecule has 0 spiro atoms. The second kappa shape index (κ2) is 13.8. The Labute approximate surface area is 203 Å². The molecule has 0 saturated carbocycles. The monoisotopic (exact) mass is 430 g/mol. The van der Waals surface area contributed by atoms with E-state index >= 15 is 0 Å². The fourth-order valence-electron chi connectivity index (χ4n) is 1.75. The smallest absolute Gasteiger partial charge is 0.744 e. The van der Waals surface area contributed by atoms with E-state index in [1.165, 1.54) is 48.6 Å². The van der Waals surface area contributed by atoms with Gasteiger partial charge in [0.2, 0.25) is 0 Å². The van der Waals surface area contributed by atoms with Gasteiger partial charge < -0.3 is 14.6 Å². The van der Waals surface area contributed by atoms with Gasteiger partial charge in [0.25, 0.3) is 0 Å². The summed E-state index contributed by atoms with van der Waals surface area (Å²) in [6.45, 7) is 6.80. The van der Waals surface area contributed by atoms with Crippen LogP contribution in [-0.4, -0.2) is 31.4 Å². The van der Waals surface area contributed by atoms with Gasteiger partial charge in [-0.05, 0) is 23.3 Å². The van der Waals surface area contributed by atoms with E-state index in [1.54, 1.807) is 12.1 Å². The molecule has 0 bridgehead atoms. The molecule has 0 aliphatic carbocycles. The SMILES string of the molecule is C=Cc1ccccc1S(=O)(=O)[O-].C=Cc1ccccc1S(=O)(=O)[O-].O.[Na+].[Na+]. The predicted molar refractivity (Wildman–Crippen MR) is 92.6 cm³/mol. The molecule has 0 fully saturated rings. The van der Waals surface area contributed by atoms with Crippen molar-refractivity contribution in [3.63, 3.8) is 0 Å². The maximum atomic E-state index is 10.6.